The highest BCUT2D eigenvalue weighted by Crippen LogP contribution is 2.38. The molecule has 18 heavy (non-hydrogen) atoms. The number of nitrogens with two attached hydrogens (primary N) is 1. The van der Waals surface area contributed by atoms with Crippen LogP contribution in [0, 0.1) is 5.41 Å². The summed E-state index contributed by atoms with van der Waals surface area (Å²) in [7, 11) is 1.90. The molecule has 2 unspecified atom stereocenters. The van der Waals surface area contributed by atoms with Gasteiger partial charge in [0.2, 0.25) is 5.91 Å². The number of carbonyl (C=O) groups excluding carboxylic acids is 1. The number of nitrogens with zero attached hydrogens (tertiary/aromatic N) is 1. The minimum Gasteiger partial charge on any atom is -0.345 e. The fraction of sp³-hybridized carbons (Fsp3) is 0.643. The van der Waals surface area contributed by atoms with E-state index in [9.17, 15) is 4.79 Å². The van der Waals surface area contributed by atoms with Gasteiger partial charge in [0.15, 0.2) is 0 Å². The zero-order valence-electron chi connectivity index (χ0n) is 11.2. The van der Waals surface area contributed by atoms with Gasteiger partial charge in [-0.1, -0.05) is 12.5 Å². The van der Waals surface area contributed by atoms with Crippen LogP contribution in [-0.2, 0) is 11.2 Å². The van der Waals surface area contributed by atoms with E-state index < -0.39 is 0 Å². The molecular weight excluding hydrogens is 244 g/mol. The molecule has 2 atom stereocenters. The molecule has 3 nitrogen and oxygen atoms in total. The van der Waals surface area contributed by atoms with Crippen molar-refractivity contribution in [3.05, 3.63) is 22.4 Å². The van der Waals surface area contributed by atoms with Crippen molar-refractivity contribution in [2.75, 3.05) is 13.6 Å². The van der Waals surface area contributed by atoms with Crippen molar-refractivity contribution in [1.82, 2.24) is 4.90 Å². The Morgan fingerprint density at radius 2 is 2.44 bits per heavy atom. The molecular formula is C14H22N2OS. The molecule has 100 valence electrons. The van der Waals surface area contributed by atoms with Gasteiger partial charge < -0.3 is 10.6 Å². The Labute approximate surface area is 113 Å². The van der Waals surface area contributed by atoms with Crippen molar-refractivity contribution in [3.63, 3.8) is 0 Å². The Morgan fingerprint density at radius 1 is 1.67 bits per heavy atom. The molecule has 0 bridgehead atoms. The minimum absolute atomic E-state index is 0.0224. The van der Waals surface area contributed by atoms with Gasteiger partial charge in [0.25, 0.3) is 0 Å². The van der Waals surface area contributed by atoms with Crippen LogP contribution in [0.1, 0.15) is 31.1 Å². The average molecular weight is 266 g/mol. The number of carbonyl (C=O) groups is 1. The molecule has 1 amide bonds. The maximum Gasteiger partial charge on any atom is 0.229 e. The van der Waals surface area contributed by atoms with Gasteiger partial charge in [-0.3, -0.25) is 4.79 Å². The Morgan fingerprint density at radius 3 is 3.00 bits per heavy atom. The fourth-order valence-electron chi connectivity index (χ4n) is 2.73. The number of amides is 1. The predicted molar refractivity (Wildman–Crippen MR) is 75.6 cm³/mol. The van der Waals surface area contributed by atoms with Crippen molar-refractivity contribution < 1.29 is 4.79 Å². The predicted octanol–water partition coefficient (Wildman–Crippen LogP) is 2.27. The molecule has 1 aromatic rings. The van der Waals surface area contributed by atoms with Crippen LogP contribution in [0.4, 0.5) is 0 Å². The second-order valence-electron chi connectivity index (χ2n) is 5.47. The zero-order valence-corrected chi connectivity index (χ0v) is 12.0. The number of hydrogen-bond donors (Lipinski definition) is 1. The van der Waals surface area contributed by atoms with E-state index in [-0.39, 0.29) is 17.4 Å². The molecule has 0 radical (unpaired) electrons. The SMILES string of the molecule is CN(CCc1cccs1)C(=O)C1(C)CCCC1N. The Hall–Kier alpha value is -0.870. The topological polar surface area (TPSA) is 46.3 Å². The van der Waals surface area contributed by atoms with Crippen LogP contribution in [0.5, 0.6) is 0 Å². The summed E-state index contributed by atoms with van der Waals surface area (Å²) in [5.41, 5.74) is 5.75. The van der Waals surface area contributed by atoms with Crippen LogP contribution in [-0.4, -0.2) is 30.4 Å². The van der Waals surface area contributed by atoms with E-state index in [4.69, 9.17) is 5.73 Å². The van der Waals surface area contributed by atoms with Crippen molar-refractivity contribution in [2.45, 2.75) is 38.6 Å². The molecule has 0 saturated heterocycles. The summed E-state index contributed by atoms with van der Waals surface area (Å²) in [6.07, 6.45) is 3.91. The quantitative estimate of drug-likeness (QED) is 0.908. The van der Waals surface area contributed by atoms with Crippen LogP contribution in [0.15, 0.2) is 17.5 Å². The molecule has 1 aliphatic rings. The monoisotopic (exact) mass is 266 g/mol. The van der Waals surface area contributed by atoms with E-state index in [2.05, 4.69) is 17.5 Å². The van der Waals surface area contributed by atoms with Gasteiger partial charge in [-0.05, 0) is 37.6 Å². The van der Waals surface area contributed by atoms with Gasteiger partial charge in [-0.15, -0.1) is 11.3 Å². The average Bonchev–Trinajstić information content (AvgIpc) is 2.97. The summed E-state index contributed by atoms with van der Waals surface area (Å²) in [6.45, 7) is 2.80. The van der Waals surface area contributed by atoms with Gasteiger partial charge >= 0.3 is 0 Å². The van der Waals surface area contributed by atoms with Gasteiger partial charge in [0.05, 0.1) is 5.41 Å². The molecule has 0 aromatic carbocycles. The zero-order chi connectivity index (χ0) is 13.2. The molecule has 2 N–H and O–H groups in total. The summed E-state index contributed by atoms with van der Waals surface area (Å²) in [5.74, 6) is 0.212. The second kappa shape index (κ2) is 5.41. The lowest BCUT2D eigenvalue weighted by atomic mass is 9.83. The highest BCUT2D eigenvalue weighted by Gasteiger charge is 2.44. The molecule has 1 heterocycles. The van der Waals surface area contributed by atoms with Crippen LogP contribution in [0.3, 0.4) is 0 Å². The first-order chi connectivity index (χ1) is 8.54. The lowest BCUT2D eigenvalue weighted by molar-refractivity contribution is -0.140. The van der Waals surface area contributed by atoms with E-state index in [0.29, 0.717) is 0 Å². The molecule has 1 saturated carbocycles. The summed E-state index contributed by atoms with van der Waals surface area (Å²) < 4.78 is 0. The van der Waals surface area contributed by atoms with E-state index in [0.717, 1.165) is 32.2 Å². The van der Waals surface area contributed by atoms with Gasteiger partial charge in [-0.25, -0.2) is 0 Å². The van der Waals surface area contributed by atoms with Crippen molar-refractivity contribution >= 4 is 17.2 Å². The molecule has 4 heteroatoms. The Bertz CT molecular complexity index is 404. The van der Waals surface area contributed by atoms with Crippen molar-refractivity contribution in [2.24, 2.45) is 11.1 Å². The summed E-state index contributed by atoms with van der Waals surface area (Å²) in [5, 5.41) is 2.07. The number of thiophene rings is 1. The lowest BCUT2D eigenvalue weighted by Crippen LogP contribution is -2.48. The first kappa shape index (κ1) is 13.6. The van der Waals surface area contributed by atoms with E-state index in [1.54, 1.807) is 11.3 Å². The summed E-state index contributed by atoms with van der Waals surface area (Å²) >= 11 is 1.75. The maximum atomic E-state index is 12.5. The van der Waals surface area contributed by atoms with E-state index in [1.807, 2.05) is 18.9 Å². The lowest BCUT2D eigenvalue weighted by Gasteiger charge is -2.32. The Kier molecular flexibility index (Phi) is 4.07. The Balaban J connectivity index is 1.92. The first-order valence-electron chi connectivity index (χ1n) is 6.57. The molecule has 1 aliphatic carbocycles. The van der Waals surface area contributed by atoms with Gasteiger partial charge in [0, 0.05) is 24.5 Å². The van der Waals surface area contributed by atoms with Crippen LogP contribution >= 0.6 is 11.3 Å². The largest absolute Gasteiger partial charge is 0.345 e. The molecule has 0 aliphatic heterocycles. The van der Waals surface area contributed by atoms with E-state index in [1.165, 1.54) is 4.88 Å². The smallest absolute Gasteiger partial charge is 0.229 e. The summed E-state index contributed by atoms with van der Waals surface area (Å²) in [6, 6.07) is 4.19. The summed E-state index contributed by atoms with van der Waals surface area (Å²) in [4.78, 5) is 15.7. The number of likely N-dealkylation sites (N-methyl/N-ethyl adjacent to an activating group) is 1. The van der Waals surface area contributed by atoms with E-state index >= 15 is 0 Å². The molecule has 1 fully saturated rings. The van der Waals surface area contributed by atoms with Crippen LogP contribution < -0.4 is 5.73 Å². The normalized spacial score (nSPS) is 27.4. The third kappa shape index (κ3) is 2.59. The van der Waals surface area contributed by atoms with Crippen LogP contribution in [0.2, 0.25) is 0 Å². The van der Waals surface area contributed by atoms with Gasteiger partial charge in [0.1, 0.15) is 0 Å². The standard InChI is InChI=1S/C14H22N2OS/c1-14(8-3-6-12(14)15)13(17)16(2)9-7-11-5-4-10-18-11/h4-5,10,12H,3,6-9,15H2,1-2H3. The van der Waals surface area contributed by atoms with Crippen molar-refractivity contribution in [3.8, 4) is 0 Å². The van der Waals surface area contributed by atoms with Crippen molar-refractivity contribution in [1.29, 1.82) is 0 Å². The maximum absolute atomic E-state index is 12.5. The highest BCUT2D eigenvalue weighted by molar-refractivity contribution is 7.09. The van der Waals surface area contributed by atoms with Gasteiger partial charge in [-0.2, -0.15) is 0 Å². The number of hydrogen-bond acceptors (Lipinski definition) is 3. The molecule has 0 spiro atoms. The molecule has 2 rings (SSSR count). The highest BCUT2D eigenvalue weighted by atomic mass is 32.1. The number of rotatable bonds is 4. The third-order valence-electron chi connectivity index (χ3n) is 4.14. The molecule has 1 aromatic heterocycles. The fourth-order valence-corrected chi connectivity index (χ4v) is 3.43. The first-order valence-corrected chi connectivity index (χ1v) is 7.45. The second-order valence-corrected chi connectivity index (χ2v) is 6.50. The third-order valence-corrected chi connectivity index (χ3v) is 5.07. The minimum atomic E-state index is -0.343. The van der Waals surface area contributed by atoms with Crippen LogP contribution in [0.25, 0.3) is 0 Å².